The molecule has 1 atom stereocenters. The Bertz CT molecular complexity index is 552. The molecule has 5 heteroatoms. The largest absolute Gasteiger partial charge is 0.343 e. The van der Waals surface area contributed by atoms with Gasteiger partial charge in [-0.25, -0.2) is 0 Å². The van der Waals surface area contributed by atoms with Crippen molar-refractivity contribution in [1.29, 1.82) is 0 Å². The van der Waals surface area contributed by atoms with Gasteiger partial charge in [0.15, 0.2) is 0 Å². The van der Waals surface area contributed by atoms with Gasteiger partial charge >= 0.3 is 0 Å². The number of likely N-dealkylation sites (tertiary alicyclic amines) is 1. The first kappa shape index (κ1) is 15.4. The van der Waals surface area contributed by atoms with Crippen molar-refractivity contribution in [2.45, 2.75) is 31.6 Å². The molecule has 118 valence electrons. The van der Waals surface area contributed by atoms with Crippen LogP contribution in [0.3, 0.4) is 0 Å². The molecular weight excluding hydrogens is 296 g/mol. The Morgan fingerprint density at radius 1 is 1.23 bits per heavy atom. The van der Waals surface area contributed by atoms with Crippen molar-refractivity contribution in [2.24, 2.45) is 0 Å². The zero-order valence-corrected chi connectivity index (χ0v) is 13.8. The molecule has 2 saturated heterocycles. The minimum Gasteiger partial charge on any atom is -0.343 e. The molecule has 1 aromatic carbocycles. The molecule has 0 spiro atoms. The average Bonchev–Trinajstić information content (AvgIpc) is 3.16. The lowest BCUT2D eigenvalue weighted by atomic mass is 10.1. The Balaban J connectivity index is 1.63. The fraction of sp³-hybridized carbons (Fsp3) is 0.529. The molecule has 2 aliphatic heterocycles. The molecule has 2 fully saturated rings. The van der Waals surface area contributed by atoms with Crippen molar-refractivity contribution in [3.05, 3.63) is 35.4 Å². The maximum absolute atomic E-state index is 12.2. The monoisotopic (exact) mass is 318 g/mol. The number of carbonyl (C=O) groups is 2. The topological polar surface area (TPSA) is 40.6 Å². The number of benzene rings is 1. The third-order valence-corrected chi connectivity index (χ3v) is 5.61. The van der Waals surface area contributed by atoms with Crippen LogP contribution < -0.4 is 0 Å². The van der Waals surface area contributed by atoms with Gasteiger partial charge in [-0.1, -0.05) is 29.8 Å². The van der Waals surface area contributed by atoms with Crippen LogP contribution in [0.1, 0.15) is 35.8 Å². The highest BCUT2D eigenvalue weighted by molar-refractivity contribution is 8.00. The SMILES string of the molecule is Cc1ccc([C@@H]2SCC(=O)N2CCC(=O)N2CCCC2)cc1. The number of hydrogen-bond donors (Lipinski definition) is 0. The van der Waals surface area contributed by atoms with Crippen LogP contribution in [0.2, 0.25) is 0 Å². The normalized spacial score (nSPS) is 21.7. The number of carbonyl (C=O) groups excluding carboxylic acids is 2. The van der Waals surface area contributed by atoms with E-state index in [1.54, 1.807) is 11.8 Å². The van der Waals surface area contributed by atoms with E-state index in [4.69, 9.17) is 0 Å². The highest BCUT2D eigenvalue weighted by Crippen LogP contribution is 2.38. The fourth-order valence-corrected chi connectivity index (χ4v) is 4.26. The molecule has 0 bridgehead atoms. The van der Waals surface area contributed by atoms with Crippen molar-refractivity contribution in [2.75, 3.05) is 25.4 Å². The number of rotatable bonds is 4. The van der Waals surface area contributed by atoms with Gasteiger partial charge in [0.05, 0.1) is 5.75 Å². The quantitative estimate of drug-likeness (QED) is 0.857. The highest BCUT2D eigenvalue weighted by Gasteiger charge is 2.33. The van der Waals surface area contributed by atoms with Gasteiger partial charge in [-0.3, -0.25) is 9.59 Å². The van der Waals surface area contributed by atoms with Crippen LogP contribution in [-0.2, 0) is 9.59 Å². The molecule has 0 aromatic heterocycles. The Kier molecular flexibility index (Phi) is 4.71. The summed E-state index contributed by atoms with van der Waals surface area (Å²) < 4.78 is 0. The van der Waals surface area contributed by atoms with E-state index in [-0.39, 0.29) is 17.2 Å². The fourth-order valence-electron chi connectivity index (χ4n) is 3.04. The number of hydrogen-bond acceptors (Lipinski definition) is 3. The van der Waals surface area contributed by atoms with Gasteiger partial charge in [0.25, 0.3) is 0 Å². The molecule has 2 aliphatic rings. The second-order valence-corrected chi connectivity index (χ2v) is 7.07. The van der Waals surface area contributed by atoms with Crippen LogP contribution >= 0.6 is 11.8 Å². The molecule has 1 aromatic rings. The number of nitrogens with zero attached hydrogens (tertiary/aromatic N) is 2. The van der Waals surface area contributed by atoms with Crippen molar-refractivity contribution in [3.63, 3.8) is 0 Å². The summed E-state index contributed by atoms with van der Waals surface area (Å²) in [7, 11) is 0. The van der Waals surface area contributed by atoms with Gasteiger partial charge in [-0.15, -0.1) is 11.8 Å². The van der Waals surface area contributed by atoms with Crippen LogP contribution in [0.25, 0.3) is 0 Å². The number of thioether (sulfide) groups is 1. The smallest absolute Gasteiger partial charge is 0.233 e. The third-order valence-electron chi connectivity index (χ3n) is 4.36. The number of aryl methyl sites for hydroxylation is 1. The predicted molar refractivity (Wildman–Crippen MR) is 88.5 cm³/mol. The van der Waals surface area contributed by atoms with Crippen LogP contribution in [0, 0.1) is 6.92 Å². The van der Waals surface area contributed by atoms with Gasteiger partial charge in [-0.2, -0.15) is 0 Å². The van der Waals surface area contributed by atoms with E-state index in [9.17, 15) is 9.59 Å². The molecule has 0 unspecified atom stereocenters. The molecule has 22 heavy (non-hydrogen) atoms. The van der Waals surface area contributed by atoms with Gasteiger partial charge in [0.1, 0.15) is 5.37 Å². The van der Waals surface area contributed by atoms with Gasteiger partial charge < -0.3 is 9.80 Å². The standard InChI is InChI=1S/C17H22N2O2S/c1-13-4-6-14(7-5-13)17-19(16(21)12-22-17)11-8-15(20)18-9-2-3-10-18/h4-7,17H,2-3,8-12H2,1H3/t17-/m0/s1. The Morgan fingerprint density at radius 2 is 1.91 bits per heavy atom. The second kappa shape index (κ2) is 6.73. The van der Waals surface area contributed by atoms with Crippen LogP contribution in [-0.4, -0.2) is 47.0 Å². The molecule has 0 N–H and O–H groups in total. The van der Waals surface area contributed by atoms with E-state index >= 15 is 0 Å². The van der Waals surface area contributed by atoms with Crippen LogP contribution in [0.15, 0.2) is 24.3 Å². The minimum absolute atomic E-state index is 0.0551. The lowest BCUT2D eigenvalue weighted by Crippen LogP contribution is -2.34. The second-order valence-electron chi connectivity index (χ2n) is 6.00. The first-order valence-electron chi connectivity index (χ1n) is 7.90. The van der Waals surface area contributed by atoms with Gasteiger partial charge in [0.2, 0.25) is 11.8 Å². The van der Waals surface area contributed by atoms with E-state index in [0.717, 1.165) is 31.5 Å². The summed E-state index contributed by atoms with van der Waals surface area (Å²) in [5.74, 6) is 0.839. The summed E-state index contributed by atoms with van der Waals surface area (Å²) in [4.78, 5) is 28.1. The molecule has 0 saturated carbocycles. The maximum atomic E-state index is 12.2. The Labute approximate surface area is 135 Å². The molecule has 2 amide bonds. The lowest BCUT2D eigenvalue weighted by Gasteiger charge is -2.25. The van der Waals surface area contributed by atoms with Gasteiger partial charge in [-0.05, 0) is 25.3 Å². The van der Waals surface area contributed by atoms with E-state index < -0.39 is 0 Å². The molecule has 0 radical (unpaired) electrons. The lowest BCUT2D eigenvalue weighted by molar-refractivity contribution is -0.132. The van der Waals surface area contributed by atoms with Crippen molar-refractivity contribution in [1.82, 2.24) is 9.80 Å². The third kappa shape index (κ3) is 3.29. The summed E-state index contributed by atoms with van der Waals surface area (Å²) >= 11 is 1.65. The molecule has 2 heterocycles. The zero-order chi connectivity index (χ0) is 15.5. The molecule has 4 nitrogen and oxygen atoms in total. The molecular formula is C17H22N2O2S. The van der Waals surface area contributed by atoms with Gasteiger partial charge in [0, 0.05) is 26.1 Å². The van der Waals surface area contributed by atoms with Crippen molar-refractivity contribution < 1.29 is 9.59 Å². The summed E-state index contributed by atoms with van der Waals surface area (Å²) in [5.41, 5.74) is 2.36. The first-order chi connectivity index (χ1) is 10.6. The summed E-state index contributed by atoms with van der Waals surface area (Å²) in [6, 6.07) is 8.32. The Hall–Kier alpha value is -1.49. The maximum Gasteiger partial charge on any atom is 0.233 e. The van der Waals surface area contributed by atoms with Crippen molar-refractivity contribution in [3.8, 4) is 0 Å². The molecule has 0 aliphatic carbocycles. The summed E-state index contributed by atoms with van der Waals surface area (Å²) in [6.45, 7) is 4.34. The van der Waals surface area contributed by atoms with E-state index in [1.165, 1.54) is 5.56 Å². The van der Waals surface area contributed by atoms with Crippen LogP contribution in [0.4, 0.5) is 0 Å². The van der Waals surface area contributed by atoms with E-state index in [0.29, 0.717) is 18.7 Å². The Morgan fingerprint density at radius 3 is 2.59 bits per heavy atom. The zero-order valence-electron chi connectivity index (χ0n) is 13.0. The van der Waals surface area contributed by atoms with E-state index in [2.05, 4.69) is 31.2 Å². The average molecular weight is 318 g/mol. The first-order valence-corrected chi connectivity index (χ1v) is 8.95. The van der Waals surface area contributed by atoms with Crippen molar-refractivity contribution >= 4 is 23.6 Å². The summed E-state index contributed by atoms with van der Waals surface area (Å²) in [6.07, 6.45) is 2.65. The van der Waals surface area contributed by atoms with Crippen LogP contribution in [0.5, 0.6) is 0 Å². The minimum atomic E-state index is 0.0551. The summed E-state index contributed by atoms with van der Waals surface area (Å²) in [5, 5.41) is 0.0551. The van der Waals surface area contributed by atoms with E-state index in [1.807, 2.05) is 9.80 Å². The highest BCUT2D eigenvalue weighted by atomic mass is 32.2. The predicted octanol–water partition coefficient (Wildman–Crippen LogP) is 2.58. The molecule has 3 rings (SSSR count). The number of amides is 2.